The van der Waals surface area contributed by atoms with Gasteiger partial charge in [-0.2, -0.15) is 0 Å². The first-order valence-electron chi connectivity index (χ1n) is 9.64. The molecular formula is C23H25F2N3O. The zero-order chi connectivity index (χ0) is 20.8. The SMILES string of the molecule is C=C(O)c1cccc(CN2CC=C(c3ccc(C)cc3)N=C2CCCC(F)F)n1. The quantitative estimate of drug-likeness (QED) is 0.589. The molecule has 152 valence electrons. The third-order valence-electron chi connectivity index (χ3n) is 4.74. The van der Waals surface area contributed by atoms with Crippen molar-refractivity contribution in [3.8, 4) is 0 Å². The van der Waals surface area contributed by atoms with Crippen LogP contribution in [0.1, 0.15) is 41.8 Å². The van der Waals surface area contributed by atoms with E-state index in [-0.39, 0.29) is 12.2 Å². The van der Waals surface area contributed by atoms with Crippen LogP contribution in [0.3, 0.4) is 0 Å². The first-order valence-corrected chi connectivity index (χ1v) is 9.64. The zero-order valence-electron chi connectivity index (χ0n) is 16.5. The lowest BCUT2D eigenvalue weighted by molar-refractivity contribution is 0.135. The molecule has 1 aliphatic rings. The third kappa shape index (κ3) is 5.73. The molecule has 2 aromatic rings. The Morgan fingerprint density at radius 1 is 1.21 bits per heavy atom. The highest BCUT2D eigenvalue weighted by Gasteiger charge is 2.18. The van der Waals surface area contributed by atoms with Gasteiger partial charge >= 0.3 is 0 Å². The van der Waals surface area contributed by atoms with Crippen molar-refractivity contribution in [3.05, 3.63) is 77.6 Å². The lowest BCUT2D eigenvalue weighted by atomic mass is 10.1. The maximum Gasteiger partial charge on any atom is 0.238 e. The molecule has 0 fully saturated rings. The molecule has 1 N–H and O–H groups in total. The molecule has 3 rings (SSSR count). The molecule has 4 nitrogen and oxygen atoms in total. The highest BCUT2D eigenvalue weighted by atomic mass is 19.3. The second-order valence-electron chi connectivity index (χ2n) is 7.11. The second kappa shape index (κ2) is 9.45. The number of aromatic nitrogens is 1. The lowest BCUT2D eigenvalue weighted by Crippen LogP contribution is -2.33. The summed E-state index contributed by atoms with van der Waals surface area (Å²) in [6, 6.07) is 13.5. The number of aliphatic hydroxyl groups is 1. The van der Waals surface area contributed by atoms with Gasteiger partial charge in [0.15, 0.2) is 0 Å². The number of rotatable bonds is 8. The molecule has 0 unspecified atom stereocenters. The molecule has 2 heterocycles. The van der Waals surface area contributed by atoms with E-state index in [9.17, 15) is 13.9 Å². The molecule has 0 bridgehead atoms. The molecule has 0 atom stereocenters. The molecule has 1 aromatic carbocycles. The number of aliphatic imine (C=N–C) groups is 1. The van der Waals surface area contributed by atoms with Crippen LogP contribution in [-0.2, 0) is 6.54 Å². The van der Waals surface area contributed by atoms with Crippen molar-refractivity contribution in [3.63, 3.8) is 0 Å². The van der Waals surface area contributed by atoms with E-state index >= 15 is 0 Å². The molecule has 6 heteroatoms. The number of hydrogen-bond acceptors (Lipinski definition) is 4. The minimum atomic E-state index is -2.31. The van der Waals surface area contributed by atoms with E-state index in [1.54, 1.807) is 6.07 Å². The number of aryl methyl sites for hydroxylation is 1. The van der Waals surface area contributed by atoms with Crippen LogP contribution in [-0.4, -0.2) is 33.8 Å². The van der Waals surface area contributed by atoms with Gasteiger partial charge in [0.2, 0.25) is 6.43 Å². The van der Waals surface area contributed by atoms with Crippen molar-refractivity contribution in [1.82, 2.24) is 9.88 Å². The fourth-order valence-electron chi connectivity index (χ4n) is 3.17. The van der Waals surface area contributed by atoms with Crippen LogP contribution in [0.2, 0.25) is 0 Å². The molecule has 29 heavy (non-hydrogen) atoms. The number of alkyl halides is 2. The fraction of sp³-hybridized carbons (Fsp3) is 0.304. The summed E-state index contributed by atoms with van der Waals surface area (Å²) in [7, 11) is 0. The number of aliphatic hydroxyl groups excluding tert-OH is 1. The number of nitrogens with zero attached hydrogens (tertiary/aromatic N) is 3. The maximum atomic E-state index is 12.6. The summed E-state index contributed by atoms with van der Waals surface area (Å²) < 4.78 is 25.3. The summed E-state index contributed by atoms with van der Waals surface area (Å²) in [5, 5.41) is 9.58. The first-order chi connectivity index (χ1) is 13.9. The smallest absolute Gasteiger partial charge is 0.238 e. The predicted molar refractivity (Wildman–Crippen MR) is 113 cm³/mol. The topological polar surface area (TPSA) is 48.7 Å². The van der Waals surface area contributed by atoms with E-state index in [1.807, 2.05) is 54.3 Å². The monoisotopic (exact) mass is 397 g/mol. The van der Waals surface area contributed by atoms with Gasteiger partial charge in [-0.05, 0) is 37.1 Å². The predicted octanol–water partition coefficient (Wildman–Crippen LogP) is 5.61. The minimum Gasteiger partial charge on any atom is -0.506 e. The van der Waals surface area contributed by atoms with Crippen molar-refractivity contribution in [2.24, 2.45) is 4.99 Å². The van der Waals surface area contributed by atoms with Crippen LogP contribution in [0.4, 0.5) is 8.78 Å². The van der Waals surface area contributed by atoms with Gasteiger partial charge in [0.05, 0.1) is 17.9 Å². The standard InChI is InChI=1S/C23H25F2N3O/c1-16-9-11-18(12-10-16)21-13-14-28(23(27-21)8-4-7-22(24)25)15-19-5-3-6-20(26-19)17(2)29/h3,5-6,9-13,22,29H,2,4,7-8,14-15H2,1H3. The second-order valence-corrected chi connectivity index (χ2v) is 7.11. The number of hydrogen-bond donors (Lipinski definition) is 1. The van der Waals surface area contributed by atoms with Crippen LogP contribution in [0.15, 0.2) is 60.1 Å². The molecule has 0 saturated heterocycles. The molecule has 0 saturated carbocycles. The first kappa shape index (κ1) is 20.7. The molecule has 0 spiro atoms. The van der Waals surface area contributed by atoms with E-state index in [4.69, 9.17) is 4.99 Å². The van der Waals surface area contributed by atoms with E-state index in [2.05, 4.69) is 11.6 Å². The van der Waals surface area contributed by atoms with E-state index in [1.165, 1.54) is 5.56 Å². The van der Waals surface area contributed by atoms with Crippen LogP contribution in [0, 0.1) is 6.92 Å². The van der Waals surface area contributed by atoms with Crippen molar-refractivity contribution in [2.45, 2.75) is 39.2 Å². The molecule has 0 radical (unpaired) electrons. The summed E-state index contributed by atoms with van der Waals surface area (Å²) in [5.41, 5.74) is 4.22. The Hall–Kier alpha value is -3.02. The summed E-state index contributed by atoms with van der Waals surface area (Å²) in [6.45, 7) is 6.63. The van der Waals surface area contributed by atoms with Crippen molar-refractivity contribution in [1.29, 1.82) is 0 Å². The summed E-state index contributed by atoms with van der Waals surface area (Å²) in [4.78, 5) is 11.2. The minimum absolute atomic E-state index is 0.0853. The van der Waals surface area contributed by atoms with Crippen molar-refractivity contribution < 1.29 is 13.9 Å². The van der Waals surface area contributed by atoms with E-state index < -0.39 is 6.43 Å². The third-order valence-corrected chi connectivity index (χ3v) is 4.74. The maximum absolute atomic E-state index is 12.6. The fourth-order valence-corrected chi connectivity index (χ4v) is 3.17. The largest absolute Gasteiger partial charge is 0.506 e. The Balaban J connectivity index is 1.80. The Kier molecular flexibility index (Phi) is 6.75. The van der Waals surface area contributed by atoms with Gasteiger partial charge in [-0.1, -0.05) is 42.5 Å². The molecular weight excluding hydrogens is 372 g/mol. The Morgan fingerprint density at radius 3 is 2.66 bits per heavy atom. The Morgan fingerprint density at radius 2 is 1.97 bits per heavy atom. The van der Waals surface area contributed by atoms with E-state index in [0.29, 0.717) is 31.6 Å². The Bertz CT molecular complexity index is 920. The van der Waals surface area contributed by atoms with Crippen LogP contribution in [0.5, 0.6) is 0 Å². The van der Waals surface area contributed by atoms with Gasteiger partial charge in [-0.3, -0.25) is 0 Å². The number of benzene rings is 1. The van der Waals surface area contributed by atoms with Gasteiger partial charge in [0, 0.05) is 19.4 Å². The number of halogens is 2. The average Bonchev–Trinajstić information content (AvgIpc) is 2.70. The van der Waals surface area contributed by atoms with Gasteiger partial charge < -0.3 is 10.0 Å². The van der Waals surface area contributed by atoms with Gasteiger partial charge in [-0.25, -0.2) is 18.8 Å². The normalized spacial score (nSPS) is 14.0. The highest BCUT2D eigenvalue weighted by Crippen LogP contribution is 2.24. The highest BCUT2D eigenvalue weighted by molar-refractivity contribution is 5.90. The summed E-state index contributed by atoms with van der Waals surface area (Å²) in [6.07, 6.45) is 0.424. The summed E-state index contributed by atoms with van der Waals surface area (Å²) in [5.74, 6) is 0.691. The average molecular weight is 397 g/mol. The number of pyridine rings is 1. The Labute approximate surface area is 169 Å². The van der Waals surface area contributed by atoms with Crippen molar-refractivity contribution in [2.75, 3.05) is 6.54 Å². The summed E-state index contributed by atoms with van der Waals surface area (Å²) >= 11 is 0. The molecule has 1 aromatic heterocycles. The molecule has 1 aliphatic heterocycles. The van der Waals surface area contributed by atoms with Crippen LogP contribution >= 0.6 is 0 Å². The van der Waals surface area contributed by atoms with Gasteiger partial charge in [0.25, 0.3) is 0 Å². The van der Waals surface area contributed by atoms with Crippen molar-refractivity contribution >= 4 is 17.3 Å². The zero-order valence-corrected chi connectivity index (χ0v) is 16.5. The van der Waals surface area contributed by atoms with E-state index in [0.717, 1.165) is 22.8 Å². The molecule has 0 amide bonds. The van der Waals surface area contributed by atoms with Crippen LogP contribution < -0.4 is 0 Å². The van der Waals surface area contributed by atoms with Crippen LogP contribution in [0.25, 0.3) is 11.5 Å². The lowest BCUT2D eigenvalue weighted by Gasteiger charge is -2.29. The van der Waals surface area contributed by atoms with Gasteiger partial charge in [-0.15, -0.1) is 0 Å². The number of amidine groups is 1. The molecule has 0 aliphatic carbocycles. The van der Waals surface area contributed by atoms with Gasteiger partial charge in [0.1, 0.15) is 17.3 Å².